The number of anilines is 1. The molecule has 170 valence electrons. The number of nitrogens with zero attached hydrogens (tertiary/aromatic N) is 2. The highest BCUT2D eigenvalue weighted by atomic mass is 16.2. The first-order valence-electron chi connectivity index (χ1n) is 11.3. The Bertz CT molecular complexity index is 961. The number of hydrogen-bond acceptors (Lipinski definition) is 4. The maximum Gasteiger partial charge on any atom is 0.252 e. The molecule has 1 aliphatic rings. The van der Waals surface area contributed by atoms with E-state index in [1.807, 2.05) is 54.3 Å². The van der Waals surface area contributed by atoms with Crippen molar-refractivity contribution in [1.82, 2.24) is 10.2 Å². The summed E-state index contributed by atoms with van der Waals surface area (Å²) in [6.45, 7) is 10.2. The van der Waals surface area contributed by atoms with Gasteiger partial charge in [-0.3, -0.25) is 14.4 Å². The fourth-order valence-corrected chi connectivity index (χ4v) is 4.07. The molecule has 0 unspecified atom stereocenters. The second-order valence-electron chi connectivity index (χ2n) is 8.89. The van der Waals surface area contributed by atoms with Crippen molar-refractivity contribution in [1.29, 1.82) is 0 Å². The zero-order valence-electron chi connectivity index (χ0n) is 19.4. The third kappa shape index (κ3) is 5.75. The smallest absolute Gasteiger partial charge is 0.252 e. The fraction of sp³-hybridized carbons (Fsp3) is 0.423. The molecular formula is C26H33N3O3. The first-order chi connectivity index (χ1) is 15.3. The predicted octanol–water partition coefficient (Wildman–Crippen LogP) is 3.69. The minimum Gasteiger partial charge on any atom is -0.368 e. The van der Waals surface area contributed by atoms with Crippen LogP contribution in [0.3, 0.4) is 0 Å². The number of nitrogens with one attached hydrogen (secondary N) is 1. The molecule has 6 nitrogen and oxygen atoms in total. The highest BCUT2D eigenvalue weighted by molar-refractivity contribution is 5.98. The van der Waals surface area contributed by atoms with Gasteiger partial charge in [0.2, 0.25) is 5.91 Å². The number of benzene rings is 2. The second-order valence-corrected chi connectivity index (χ2v) is 8.89. The number of amides is 2. The van der Waals surface area contributed by atoms with Gasteiger partial charge in [0.15, 0.2) is 5.78 Å². The molecule has 0 radical (unpaired) electrons. The van der Waals surface area contributed by atoms with Crippen molar-refractivity contribution in [3.8, 4) is 0 Å². The SMILES string of the molecule is CC(=O)c1ccc(N2CCN(C(=O)[C@H](CC(C)C)NC(=O)c3ccccc3C)CC2)cc1. The average molecular weight is 436 g/mol. The summed E-state index contributed by atoms with van der Waals surface area (Å²) in [6, 6.07) is 14.5. The molecule has 1 aliphatic heterocycles. The number of hydrogen-bond donors (Lipinski definition) is 1. The zero-order chi connectivity index (χ0) is 23.3. The van der Waals surface area contributed by atoms with Crippen LogP contribution in [-0.2, 0) is 4.79 Å². The normalized spacial score (nSPS) is 14.9. The summed E-state index contributed by atoms with van der Waals surface area (Å²) in [5.41, 5.74) is 3.25. The van der Waals surface area contributed by atoms with Crippen molar-refractivity contribution >= 4 is 23.3 Å². The van der Waals surface area contributed by atoms with Gasteiger partial charge in [-0.1, -0.05) is 32.0 Å². The lowest BCUT2D eigenvalue weighted by Crippen LogP contribution is -2.55. The second kappa shape index (κ2) is 10.4. The summed E-state index contributed by atoms with van der Waals surface area (Å²) in [6.07, 6.45) is 0.600. The van der Waals surface area contributed by atoms with Crippen molar-refractivity contribution in [2.75, 3.05) is 31.1 Å². The van der Waals surface area contributed by atoms with Crippen LogP contribution in [0.15, 0.2) is 48.5 Å². The van der Waals surface area contributed by atoms with Crippen LogP contribution in [-0.4, -0.2) is 54.7 Å². The topological polar surface area (TPSA) is 69.7 Å². The predicted molar refractivity (Wildman–Crippen MR) is 127 cm³/mol. The molecule has 3 rings (SSSR count). The van der Waals surface area contributed by atoms with E-state index in [4.69, 9.17) is 0 Å². The Kier molecular flexibility index (Phi) is 7.67. The average Bonchev–Trinajstić information content (AvgIpc) is 2.78. The van der Waals surface area contributed by atoms with Crippen molar-refractivity contribution in [2.24, 2.45) is 5.92 Å². The van der Waals surface area contributed by atoms with Gasteiger partial charge in [-0.15, -0.1) is 0 Å². The molecule has 2 aromatic rings. The Hall–Kier alpha value is -3.15. The van der Waals surface area contributed by atoms with E-state index in [2.05, 4.69) is 24.1 Å². The standard InChI is InChI=1S/C26H33N3O3/c1-18(2)17-24(27-25(31)23-8-6-5-7-19(23)3)26(32)29-15-13-28(14-16-29)22-11-9-21(10-12-22)20(4)30/h5-12,18,24H,13-17H2,1-4H3,(H,27,31)/t24-/m0/s1. The van der Waals surface area contributed by atoms with E-state index in [0.29, 0.717) is 43.7 Å². The Morgan fingerprint density at radius 3 is 2.12 bits per heavy atom. The summed E-state index contributed by atoms with van der Waals surface area (Å²) < 4.78 is 0. The first kappa shape index (κ1) is 23.5. The Morgan fingerprint density at radius 1 is 0.938 bits per heavy atom. The summed E-state index contributed by atoms with van der Waals surface area (Å²) in [7, 11) is 0. The molecule has 32 heavy (non-hydrogen) atoms. The third-order valence-corrected chi connectivity index (χ3v) is 5.93. The third-order valence-electron chi connectivity index (χ3n) is 5.93. The zero-order valence-corrected chi connectivity index (χ0v) is 19.4. The molecule has 1 heterocycles. The largest absolute Gasteiger partial charge is 0.368 e. The molecule has 1 N–H and O–H groups in total. The van der Waals surface area contributed by atoms with Crippen LogP contribution in [0.1, 0.15) is 53.5 Å². The molecule has 0 aliphatic carbocycles. The summed E-state index contributed by atoms with van der Waals surface area (Å²) >= 11 is 0. The van der Waals surface area contributed by atoms with Crippen molar-refractivity contribution in [3.05, 3.63) is 65.2 Å². The molecule has 0 bridgehead atoms. The van der Waals surface area contributed by atoms with Crippen molar-refractivity contribution in [2.45, 2.75) is 40.2 Å². The van der Waals surface area contributed by atoms with Crippen molar-refractivity contribution in [3.63, 3.8) is 0 Å². The lowest BCUT2D eigenvalue weighted by molar-refractivity contribution is -0.134. The van der Waals surface area contributed by atoms with Crippen LogP contribution in [0.2, 0.25) is 0 Å². The van der Waals surface area contributed by atoms with Crippen molar-refractivity contribution < 1.29 is 14.4 Å². The number of aryl methyl sites for hydroxylation is 1. The number of ketones is 1. The number of Topliss-reactive ketones (excluding diaryl/α,β-unsaturated/α-hetero) is 1. The molecule has 0 spiro atoms. The van der Waals surface area contributed by atoms with Crippen LogP contribution >= 0.6 is 0 Å². The summed E-state index contributed by atoms with van der Waals surface area (Å²) in [5.74, 6) is 0.108. The van der Waals surface area contributed by atoms with Gasteiger partial charge in [0.1, 0.15) is 6.04 Å². The lowest BCUT2D eigenvalue weighted by Gasteiger charge is -2.38. The molecule has 2 aromatic carbocycles. The molecule has 0 saturated carbocycles. The van der Waals surface area contributed by atoms with Gasteiger partial charge in [-0.05, 0) is 62.1 Å². The van der Waals surface area contributed by atoms with Gasteiger partial charge in [-0.25, -0.2) is 0 Å². The molecule has 2 amide bonds. The monoisotopic (exact) mass is 435 g/mol. The van der Waals surface area contributed by atoms with E-state index >= 15 is 0 Å². The van der Waals surface area contributed by atoms with Gasteiger partial charge in [0.05, 0.1) is 0 Å². The van der Waals surface area contributed by atoms with Crippen LogP contribution in [0.5, 0.6) is 0 Å². The first-order valence-corrected chi connectivity index (χ1v) is 11.3. The van der Waals surface area contributed by atoms with E-state index in [1.54, 1.807) is 13.0 Å². The number of rotatable bonds is 7. The van der Waals surface area contributed by atoms with E-state index < -0.39 is 6.04 Å². The Labute approximate surface area is 190 Å². The lowest BCUT2D eigenvalue weighted by atomic mass is 10.0. The van der Waals surface area contributed by atoms with Gasteiger partial charge in [0.25, 0.3) is 5.91 Å². The highest BCUT2D eigenvalue weighted by Crippen LogP contribution is 2.19. The Balaban J connectivity index is 1.64. The summed E-state index contributed by atoms with van der Waals surface area (Å²) in [4.78, 5) is 41.7. The van der Waals surface area contributed by atoms with E-state index in [1.165, 1.54) is 0 Å². The minimum absolute atomic E-state index is 0.0211. The van der Waals surface area contributed by atoms with Crippen LogP contribution in [0.4, 0.5) is 5.69 Å². The molecule has 1 saturated heterocycles. The number of piperazine rings is 1. The van der Waals surface area contributed by atoms with E-state index in [0.717, 1.165) is 11.3 Å². The highest BCUT2D eigenvalue weighted by Gasteiger charge is 2.29. The summed E-state index contributed by atoms with van der Waals surface area (Å²) in [5, 5.41) is 2.99. The van der Waals surface area contributed by atoms with Gasteiger partial charge in [0, 0.05) is 43.0 Å². The van der Waals surface area contributed by atoms with E-state index in [9.17, 15) is 14.4 Å². The Morgan fingerprint density at radius 2 is 1.56 bits per heavy atom. The van der Waals surface area contributed by atoms with Gasteiger partial charge in [-0.2, -0.15) is 0 Å². The maximum atomic E-state index is 13.3. The number of carbonyl (C=O) groups excluding carboxylic acids is 3. The molecule has 1 atom stereocenters. The van der Waals surface area contributed by atoms with Crippen LogP contribution in [0, 0.1) is 12.8 Å². The maximum absolute atomic E-state index is 13.3. The van der Waals surface area contributed by atoms with E-state index in [-0.39, 0.29) is 23.5 Å². The van der Waals surface area contributed by atoms with Gasteiger partial charge >= 0.3 is 0 Å². The molecule has 6 heteroatoms. The molecular weight excluding hydrogens is 402 g/mol. The minimum atomic E-state index is -0.538. The molecule has 1 fully saturated rings. The molecule has 0 aromatic heterocycles. The van der Waals surface area contributed by atoms with Crippen LogP contribution in [0.25, 0.3) is 0 Å². The van der Waals surface area contributed by atoms with Gasteiger partial charge < -0.3 is 15.1 Å². The fourth-order valence-electron chi connectivity index (χ4n) is 4.07. The quantitative estimate of drug-likeness (QED) is 0.674. The number of carbonyl (C=O) groups is 3. The van der Waals surface area contributed by atoms with Crippen LogP contribution < -0.4 is 10.2 Å².